The highest BCUT2D eigenvalue weighted by Crippen LogP contribution is 2.28. The van der Waals surface area contributed by atoms with Gasteiger partial charge in [-0.15, -0.1) is 0 Å². The van der Waals surface area contributed by atoms with E-state index in [9.17, 15) is 4.79 Å². The molecule has 1 N–H and O–H groups in total. The number of hydrogen-bond acceptors (Lipinski definition) is 3. The van der Waals surface area contributed by atoms with Crippen molar-refractivity contribution in [3.63, 3.8) is 0 Å². The van der Waals surface area contributed by atoms with Crippen LogP contribution in [0.5, 0.6) is 5.75 Å². The number of aromatic nitrogens is 2. The van der Waals surface area contributed by atoms with Crippen molar-refractivity contribution in [1.29, 1.82) is 0 Å². The maximum absolute atomic E-state index is 10.8. The molecule has 0 radical (unpaired) electrons. The molecular weight excluding hydrogens is 399 g/mol. The van der Waals surface area contributed by atoms with Gasteiger partial charge in [-0.05, 0) is 49.5 Å². The van der Waals surface area contributed by atoms with Crippen molar-refractivity contribution in [3.05, 3.63) is 51.5 Å². The Balaban J connectivity index is 1.72. The third-order valence-electron chi connectivity index (χ3n) is 5.10. The van der Waals surface area contributed by atoms with E-state index in [0.717, 1.165) is 24.0 Å². The van der Waals surface area contributed by atoms with Gasteiger partial charge < -0.3 is 14.4 Å². The van der Waals surface area contributed by atoms with E-state index in [2.05, 4.69) is 4.98 Å². The minimum atomic E-state index is -1.04. The number of halogens is 2. The molecule has 0 unspecified atom stereocenters. The first-order valence-corrected chi connectivity index (χ1v) is 10.2. The number of carbonyl (C=O) groups is 1. The molecule has 0 amide bonds. The summed E-state index contributed by atoms with van der Waals surface area (Å²) in [5, 5.41) is 9.74. The zero-order chi connectivity index (χ0) is 20.1. The molecule has 0 aliphatic heterocycles. The van der Waals surface area contributed by atoms with E-state index >= 15 is 0 Å². The van der Waals surface area contributed by atoms with Crippen LogP contribution in [0.3, 0.4) is 0 Å². The van der Waals surface area contributed by atoms with Crippen LogP contribution in [0.2, 0.25) is 10.2 Å². The summed E-state index contributed by atoms with van der Waals surface area (Å²) in [6.07, 6.45) is 8.87. The molecule has 2 aromatic rings. The van der Waals surface area contributed by atoms with E-state index in [1.165, 1.54) is 38.2 Å². The van der Waals surface area contributed by atoms with E-state index in [1.54, 1.807) is 0 Å². The van der Waals surface area contributed by atoms with Crippen LogP contribution in [0.15, 0.2) is 24.3 Å². The minimum absolute atomic E-state index is 0.263. The van der Waals surface area contributed by atoms with Crippen LogP contribution in [0.1, 0.15) is 49.2 Å². The van der Waals surface area contributed by atoms with Gasteiger partial charge in [-0.25, -0.2) is 9.78 Å². The number of aryl methyl sites for hydroxylation is 1. The summed E-state index contributed by atoms with van der Waals surface area (Å²) in [7, 11) is 0. The first-order valence-electron chi connectivity index (χ1n) is 9.49. The Morgan fingerprint density at radius 2 is 2.07 bits per heavy atom. The van der Waals surface area contributed by atoms with E-state index < -0.39 is 5.97 Å². The van der Waals surface area contributed by atoms with E-state index in [4.69, 9.17) is 33.0 Å². The van der Waals surface area contributed by atoms with Gasteiger partial charge >= 0.3 is 5.97 Å². The topological polar surface area (TPSA) is 64.3 Å². The molecule has 1 fully saturated rings. The largest absolute Gasteiger partial charge is 0.493 e. The number of ether oxygens (including phenoxy) is 1. The highest BCUT2D eigenvalue weighted by molar-refractivity contribution is 6.31. The maximum atomic E-state index is 10.8. The van der Waals surface area contributed by atoms with Crippen LogP contribution < -0.4 is 4.74 Å². The second-order valence-corrected chi connectivity index (χ2v) is 7.93. The molecule has 1 heterocycles. The number of carboxylic acids is 1. The monoisotopic (exact) mass is 422 g/mol. The van der Waals surface area contributed by atoms with Gasteiger partial charge in [-0.1, -0.05) is 48.5 Å². The highest BCUT2D eigenvalue weighted by atomic mass is 35.5. The molecule has 5 nitrogen and oxygen atoms in total. The summed E-state index contributed by atoms with van der Waals surface area (Å²) in [4.78, 5) is 15.1. The molecule has 1 aromatic heterocycles. The van der Waals surface area contributed by atoms with Crippen LogP contribution in [-0.2, 0) is 11.3 Å². The number of carboxylic acid groups (broad SMARTS) is 1. The third-order valence-corrected chi connectivity index (χ3v) is 5.73. The number of nitrogens with zero attached hydrogens (tertiary/aromatic N) is 2. The van der Waals surface area contributed by atoms with Crippen molar-refractivity contribution in [2.75, 3.05) is 6.61 Å². The van der Waals surface area contributed by atoms with E-state index in [1.807, 2.05) is 29.7 Å². The van der Waals surface area contributed by atoms with Crippen LogP contribution in [0.25, 0.3) is 6.08 Å². The van der Waals surface area contributed by atoms with Crippen LogP contribution in [0.4, 0.5) is 0 Å². The summed E-state index contributed by atoms with van der Waals surface area (Å²) in [6, 6.07) is 5.68. The first-order chi connectivity index (χ1) is 13.4. The molecule has 150 valence electrons. The average molecular weight is 423 g/mol. The molecule has 0 atom stereocenters. The molecule has 0 saturated heterocycles. The van der Waals surface area contributed by atoms with Crippen molar-refractivity contribution in [2.45, 2.75) is 45.6 Å². The van der Waals surface area contributed by atoms with Gasteiger partial charge in [0.15, 0.2) is 5.15 Å². The zero-order valence-corrected chi connectivity index (χ0v) is 17.3. The lowest BCUT2D eigenvalue weighted by Gasteiger charge is -2.21. The first kappa shape index (κ1) is 20.7. The summed E-state index contributed by atoms with van der Waals surface area (Å²) < 4.78 is 7.79. The van der Waals surface area contributed by atoms with E-state index in [-0.39, 0.29) is 5.15 Å². The molecule has 1 aromatic carbocycles. The molecular formula is C21H24Cl2N2O3. The second kappa shape index (κ2) is 9.48. The summed E-state index contributed by atoms with van der Waals surface area (Å²) in [5.74, 6) is 1.04. The minimum Gasteiger partial charge on any atom is -0.493 e. The summed E-state index contributed by atoms with van der Waals surface area (Å²) in [5.41, 5.74) is 1.42. The van der Waals surface area contributed by atoms with Gasteiger partial charge in [0.2, 0.25) is 0 Å². The Labute approximate surface area is 174 Å². The smallest absolute Gasteiger partial charge is 0.328 e. The number of imidazole rings is 1. The highest BCUT2D eigenvalue weighted by Gasteiger charge is 2.16. The fourth-order valence-electron chi connectivity index (χ4n) is 3.54. The third kappa shape index (κ3) is 5.30. The predicted molar refractivity (Wildman–Crippen MR) is 111 cm³/mol. The Kier molecular flexibility index (Phi) is 7.03. The van der Waals surface area contributed by atoms with Gasteiger partial charge in [0.05, 0.1) is 18.8 Å². The van der Waals surface area contributed by atoms with Crippen molar-refractivity contribution in [1.82, 2.24) is 9.55 Å². The maximum Gasteiger partial charge on any atom is 0.328 e. The molecule has 28 heavy (non-hydrogen) atoms. The average Bonchev–Trinajstić information content (AvgIpc) is 2.93. The van der Waals surface area contributed by atoms with Gasteiger partial charge in [0, 0.05) is 11.1 Å². The fourth-order valence-corrected chi connectivity index (χ4v) is 4.06. The van der Waals surface area contributed by atoms with Crippen molar-refractivity contribution < 1.29 is 14.6 Å². The van der Waals surface area contributed by atoms with Gasteiger partial charge in [0.1, 0.15) is 11.6 Å². The van der Waals surface area contributed by atoms with Gasteiger partial charge in [0.25, 0.3) is 0 Å². The predicted octanol–water partition coefficient (Wildman–Crippen LogP) is 5.60. The lowest BCUT2D eigenvalue weighted by atomic mass is 9.90. The lowest BCUT2D eigenvalue weighted by Crippen LogP contribution is -2.15. The lowest BCUT2D eigenvalue weighted by molar-refractivity contribution is -0.131. The summed E-state index contributed by atoms with van der Waals surface area (Å²) >= 11 is 12.6. The molecule has 3 rings (SSSR count). The normalized spacial score (nSPS) is 15.2. The molecule has 1 aliphatic carbocycles. The molecule has 1 saturated carbocycles. The molecule has 0 spiro atoms. The van der Waals surface area contributed by atoms with Crippen molar-refractivity contribution >= 4 is 35.2 Å². The Morgan fingerprint density at radius 3 is 2.75 bits per heavy atom. The number of rotatable bonds is 7. The van der Waals surface area contributed by atoms with Crippen LogP contribution in [0, 0.1) is 12.8 Å². The Morgan fingerprint density at radius 1 is 1.32 bits per heavy atom. The molecule has 0 bridgehead atoms. The van der Waals surface area contributed by atoms with Crippen LogP contribution in [-0.4, -0.2) is 27.2 Å². The van der Waals surface area contributed by atoms with Crippen molar-refractivity contribution in [2.24, 2.45) is 5.92 Å². The number of hydrogen-bond donors (Lipinski definition) is 1. The number of aliphatic carboxylic acids is 1. The molecule has 7 heteroatoms. The quantitative estimate of drug-likeness (QED) is 0.589. The van der Waals surface area contributed by atoms with Crippen molar-refractivity contribution in [3.8, 4) is 5.75 Å². The van der Waals surface area contributed by atoms with Crippen LogP contribution >= 0.6 is 23.2 Å². The zero-order valence-electron chi connectivity index (χ0n) is 15.8. The standard InChI is InChI=1S/C21H24Cl2N2O3/c1-14-24-21(23)19(9-10-20(26)27)25(14)12-16-7-8-17(11-18(16)22)28-13-15-5-3-2-4-6-15/h7-11,15H,2-6,12-13H2,1H3,(H,26,27)/b10-9+. The second-order valence-electron chi connectivity index (χ2n) is 7.16. The van der Waals surface area contributed by atoms with E-state index in [0.29, 0.717) is 29.0 Å². The summed E-state index contributed by atoms with van der Waals surface area (Å²) in [6.45, 7) is 2.99. The van der Waals surface area contributed by atoms with Gasteiger partial charge in [-0.3, -0.25) is 0 Å². The number of benzene rings is 1. The van der Waals surface area contributed by atoms with Gasteiger partial charge in [-0.2, -0.15) is 0 Å². The molecule has 1 aliphatic rings. The fraction of sp³-hybridized carbons (Fsp3) is 0.429. The SMILES string of the molecule is Cc1nc(Cl)c(/C=C/C(=O)O)n1Cc1ccc(OCC2CCCCC2)cc1Cl. The Bertz CT molecular complexity index is 871. The Hall–Kier alpha value is -1.98.